The number of carboxylic acid groups (broad SMARTS) is 1. The highest BCUT2D eigenvalue weighted by atomic mass is 19.1. The minimum absolute atomic E-state index is 0.0953. The van der Waals surface area contributed by atoms with Gasteiger partial charge in [0.1, 0.15) is 35.5 Å². The Morgan fingerprint density at radius 1 is 0.929 bits per heavy atom. The van der Waals surface area contributed by atoms with Crippen LogP contribution in [-0.2, 0) is 14.4 Å². The van der Waals surface area contributed by atoms with E-state index < -0.39 is 24.0 Å². The number of benzene rings is 3. The maximum absolute atomic E-state index is 13.6. The highest BCUT2D eigenvalue weighted by Crippen LogP contribution is 2.48. The van der Waals surface area contributed by atoms with Crippen molar-refractivity contribution in [2.45, 2.75) is 44.8 Å². The summed E-state index contributed by atoms with van der Waals surface area (Å²) in [6.07, 6.45) is 1.71. The molecule has 1 saturated heterocycles. The summed E-state index contributed by atoms with van der Waals surface area (Å²) in [5.41, 5.74) is 1.57. The van der Waals surface area contributed by atoms with E-state index in [0.717, 1.165) is 11.8 Å². The molecule has 0 bridgehead atoms. The Balaban J connectivity index is 1.45. The first-order valence-corrected chi connectivity index (χ1v) is 13.8. The van der Waals surface area contributed by atoms with Gasteiger partial charge in [0, 0.05) is 11.6 Å². The highest BCUT2D eigenvalue weighted by Gasteiger charge is 2.48. The quantitative estimate of drug-likeness (QED) is 0.254. The number of carbonyl (C=O) groups is 3. The van der Waals surface area contributed by atoms with Crippen molar-refractivity contribution in [3.8, 4) is 11.5 Å². The number of aldehydes is 1. The molecule has 0 aliphatic carbocycles. The van der Waals surface area contributed by atoms with Gasteiger partial charge in [-0.1, -0.05) is 26.0 Å². The van der Waals surface area contributed by atoms with Crippen LogP contribution in [0.1, 0.15) is 38.3 Å². The van der Waals surface area contributed by atoms with Crippen molar-refractivity contribution >= 4 is 23.9 Å². The number of anilines is 1. The zero-order valence-electron chi connectivity index (χ0n) is 23.4. The van der Waals surface area contributed by atoms with Crippen LogP contribution in [0.25, 0.3) is 0 Å². The summed E-state index contributed by atoms with van der Waals surface area (Å²) in [5, 5.41) is 11.8. The summed E-state index contributed by atoms with van der Waals surface area (Å²) in [4.78, 5) is 37.8. The minimum atomic E-state index is -1.10. The first kappa shape index (κ1) is 30.5. The third-order valence-electron chi connectivity index (χ3n) is 7.19. The Labute approximate surface area is 243 Å². The average molecular weight is 581 g/mol. The molecule has 0 aromatic heterocycles. The number of hydrogen-bond donors (Lipinski definition) is 2. The fourth-order valence-corrected chi connectivity index (χ4v) is 5.21. The molecule has 4 rings (SSSR count). The van der Waals surface area contributed by atoms with E-state index in [1.807, 2.05) is 30.9 Å². The van der Waals surface area contributed by atoms with Crippen LogP contribution in [0.3, 0.4) is 0 Å². The van der Waals surface area contributed by atoms with Crippen molar-refractivity contribution in [3.63, 3.8) is 0 Å². The molecule has 0 spiro atoms. The zero-order chi connectivity index (χ0) is 30.2. The molecule has 3 aromatic rings. The van der Waals surface area contributed by atoms with Crippen LogP contribution in [0.5, 0.6) is 11.5 Å². The molecule has 1 heterocycles. The smallest absolute Gasteiger partial charge is 0.326 e. The second-order valence-electron chi connectivity index (χ2n) is 10.7. The maximum Gasteiger partial charge on any atom is 0.326 e. The Bertz CT molecular complexity index is 1350. The molecule has 1 amide bonds. The number of nitrogens with zero attached hydrogens (tertiary/aromatic N) is 1. The number of amides is 1. The van der Waals surface area contributed by atoms with Gasteiger partial charge in [-0.2, -0.15) is 0 Å². The van der Waals surface area contributed by atoms with Crippen LogP contribution in [0.15, 0.2) is 72.8 Å². The number of carbonyl (C=O) groups excluding carboxylic acids is 2. The van der Waals surface area contributed by atoms with Crippen LogP contribution in [0.4, 0.5) is 14.5 Å². The molecular formula is C32H34F2N2O6. The van der Waals surface area contributed by atoms with Crippen LogP contribution >= 0.6 is 0 Å². The van der Waals surface area contributed by atoms with Gasteiger partial charge in [-0.3, -0.25) is 4.79 Å². The predicted octanol–water partition coefficient (Wildman–Crippen LogP) is 5.17. The van der Waals surface area contributed by atoms with Crippen molar-refractivity contribution in [3.05, 3.63) is 90.0 Å². The molecule has 4 atom stereocenters. The second kappa shape index (κ2) is 13.9. The number of ether oxygens (including phenoxy) is 2. The van der Waals surface area contributed by atoms with E-state index >= 15 is 0 Å². The van der Waals surface area contributed by atoms with Gasteiger partial charge in [-0.25, -0.2) is 13.6 Å². The van der Waals surface area contributed by atoms with Crippen molar-refractivity contribution in [1.29, 1.82) is 0 Å². The predicted molar refractivity (Wildman–Crippen MR) is 152 cm³/mol. The number of rotatable bonds is 14. The fraction of sp³-hybridized carbons (Fsp3) is 0.344. The number of halogens is 2. The first-order chi connectivity index (χ1) is 20.2. The molecule has 42 heavy (non-hydrogen) atoms. The molecular weight excluding hydrogens is 546 g/mol. The highest BCUT2D eigenvalue weighted by molar-refractivity contribution is 5.84. The number of hydrogen-bond acceptors (Lipinski definition) is 6. The molecule has 3 unspecified atom stereocenters. The average Bonchev–Trinajstić information content (AvgIpc) is 2.95. The number of aliphatic carboxylic acids is 1. The van der Waals surface area contributed by atoms with Crippen LogP contribution in [0.2, 0.25) is 0 Å². The van der Waals surface area contributed by atoms with E-state index in [1.54, 1.807) is 36.4 Å². The summed E-state index contributed by atoms with van der Waals surface area (Å²) in [6.45, 7) is 3.71. The van der Waals surface area contributed by atoms with Crippen molar-refractivity contribution in [2.75, 3.05) is 18.1 Å². The van der Waals surface area contributed by atoms with E-state index in [0.29, 0.717) is 36.6 Å². The molecule has 2 N–H and O–H groups in total. The second-order valence-corrected chi connectivity index (χ2v) is 10.7. The minimum Gasteiger partial charge on any atom is -0.494 e. The van der Waals surface area contributed by atoms with E-state index in [1.165, 1.54) is 24.3 Å². The Kier molecular flexibility index (Phi) is 10.1. The maximum atomic E-state index is 13.6. The zero-order valence-corrected chi connectivity index (χ0v) is 23.4. The lowest BCUT2D eigenvalue weighted by atomic mass is 9.74. The Morgan fingerprint density at radius 3 is 2.07 bits per heavy atom. The van der Waals surface area contributed by atoms with Crippen molar-refractivity contribution in [2.24, 2.45) is 11.8 Å². The lowest BCUT2D eigenvalue weighted by molar-refractivity contribution is -0.142. The van der Waals surface area contributed by atoms with Crippen LogP contribution in [0, 0.1) is 23.5 Å². The van der Waals surface area contributed by atoms with E-state index in [9.17, 15) is 28.3 Å². The van der Waals surface area contributed by atoms with Gasteiger partial charge >= 0.3 is 5.97 Å². The van der Waals surface area contributed by atoms with Gasteiger partial charge in [-0.15, -0.1) is 0 Å². The molecule has 222 valence electrons. The van der Waals surface area contributed by atoms with E-state index in [-0.39, 0.29) is 36.1 Å². The Morgan fingerprint density at radius 2 is 1.50 bits per heavy atom. The summed E-state index contributed by atoms with van der Waals surface area (Å²) in [6, 6.07) is 17.0. The summed E-state index contributed by atoms with van der Waals surface area (Å²) in [7, 11) is 0. The SMILES string of the molecule is CC(C)C[C@@H](NC(=O)COc1ccc(C2C(CCOc3ccc(F)cc3)C(C=O)N2c2ccc(F)cc2)cc1)C(=O)O. The molecule has 1 aliphatic heterocycles. The standard InChI is InChI=1S/C32H34F2N2O6/c1-20(2)17-28(32(39)40)35-30(38)19-42-26-11-3-21(4-12-26)31-27(15-16-41-25-13-7-23(34)8-14-25)29(18-37)36(31)24-9-5-22(33)6-10-24/h3-14,18,20,27-29,31H,15-17,19H2,1-2H3,(H,35,38)(H,39,40)/t27?,28-,29?,31?/m1/s1. The molecule has 3 aromatic carbocycles. The number of nitrogens with one attached hydrogen (secondary N) is 1. The normalized spacial score (nSPS) is 18.6. The number of carboxylic acids is 1. The van der Waals surface area contributed by atoms with E-state index in [2.05, 4.69) is 5.32 Å². The van der Waals surface area contributed by atoms with Crippen LogP contribution < -0.4 is 19.7 Å². The largest absolute Gasteiger partial charge is 0.494 e. The van der Waals surface area contributed by atoms with Gasteiger partial charge < -0.3 is 29.6 Å². The molecule has 8 nitrogen and oxygen atoms in total. The molecule has 1 fully saturated rings. The van der Waals surface area contributed by atoms with Gasteiger partial charge in [0.25, 0.3) is 5.91 Å². The summed E-state index contributed by atoms with van der Waals surface area (Å²) in [5.74, 6) is -1.47. The third-order valence-corrected chi connectivity index (χ3v) is 7.19. The molecule has 0 radical (unpaired) electrons. The van der Waals surface area contributed by atoms with Gasteiger partial charge in [0.15, 0.2) is 6.61 Å². The van der Waals surface area contributed by atoms with Gasteiger partial charge in [0.05, 0.1) is 18.7 Å². The van der Waals surface area contributed by atoms with Gasteiger partial charge in [0.2, 0.25) is 0 Å². The fourth-order valence-electron chi connectivity index (χ4n) is 5.21. The Hall–Kier alpha value is -4.47. The van der Waals surface area contributed by atoms with Gasteiger partial charge in [-0.05, 0) is 85.0 Å². The summed E-state index contributed by atoms with van der Waals surface area (Å²) < 4.78 is 38.3. The van der Waals surface area contributed by atoms with E-state index in [4.69, 9.17) is 9.47 Å². The van der Waals surface area contributed by atoms with Crippen molar-refractivity contribution in [1.82, 2.24) is 5.32 Å². The molecule has 0 saturated carbocycles. The van der Waals surface area contributed by atoms with Crippen LogP contribution in [-0.4, -0.2) is 48.6 Å². The topological polar surface area (TPSA) is 105 Å². The third kappa shape index (κ3) is 7.63. The molecule has 1 aliphatic rings. The molecule has 10 heteroatoms. The lowest BCUT2D eigenvalue weighted by Crippen LogP contribution is -2.60. The van der Waals surface area contributed by atoms with Crippen molar-refractivity contribution < 1.29 is 37.7 Å². The monoisotopic (exact) mass is 580 g/mol. The first-order valence-electron chi connectivity index (χ1n) is 13.8. The summed E-state index contributed by atoms with van der Waals surface area (Å²) >= 11 is 0. The lowest BCUT2D eigenvalue weighted by Gasteiger charge is -2.55.